The minimum absolute atomic E-state index is 0.158. The van der Waals surface area contributed by atoms with Crippen LogP contribution in [0.3, 0.4) is 0 Å². The van der Waals surface area contributed by atoms with Crippen LogP contribution >= 0.6 is 0 Å². The van der Waals surface area contributed by atoms with Crippen LogP contribution in [-0.4, -0.2) is 42.8 Å². The lowest BCUT2D eigenvalue weighted by Crippen LogP contribution is -2.56. The van der Waals surface area contributed by atoms with Gasteiger partial charge in [0.2, 0.25) is 17.7 Å². The van der Waals surface area contributed by atoms with Gasteiger partial charge in [-0.1, -0.05) is 72.8 Å². The standard InChI is InChI=1S/C34H28N4O4/c1-20-29-30(32(41)38(31(29)40)26-16-8-11-21-9-2-4-12-23(21)26)34(35-20)24-13-5-7-15-27(24)37(33(34)42)19-28(39)36-18-17-22-10-3-6-14-25(22)36/h2-16,20,29-30,35H,17-19H2,1H3/t20-,29+,30-,34-/m0/s1. The minimum atomic E-state index is -1.45. The quantitative estimate of drug-likeness (QED) is 0.388. The van der Waals surface area contributed by atoms with Crippen molar-refractivity contribution in [2.45, 2.75) is 24.9 Å². The van der Waals surface area contributed by atoms with E-state index in [1.54, 1.807) is 11.0 Å². The van der Waals surface area contributed by atoms with E-state index in [1.807, 2.05) is 91.9 Å². The van der Waals surface area contributed by atoms with Gasteiger partial charge in [-0.05, 0) is 42.5 Å². The van der Waals surface area contributed by atoms with Crippen molar-refractivity contribution in [3.05, 3.63) is 102 Å². The van der Waals surface area contributed by atoms with Crippen molar-refractivity contribution >= 4 is 51.5 Å². The maximum absolute atomic E-state index is 14.6. The number of nitrogens with one attached hydrogen (secondary N) is 1. The van der Waals surface area contributed by atoms with Gasteiger partial charge in [0, 0.05) is 34.9 Å². The normalized spacial score (nSPS) is 26.0. The fourth-order valence-electron chi connectivity index (χ4n) is 7.72. The number of hydrogen-bond acceptors (Lipinski definition) is 5. The second-order valence-electron chi connectivity index (χ2n) is 11.6. The highest BCUT2D eigenvalue weighted by atomic mass is 16.2. The summed E-state index contributed by atoms with van der Waals surface area (Å²) in [5, 5.41) is 5.13. The molecule has 0 aromatic heterocycles. The molecule has 8 heteroatoms. The van der Waals surface area contributed by atoms with Crippen molar-refractivity contribution in [2.75, 3.05) is 27.8 Å². The molecule has 0 bridgehead atoms. The predicted octanol–water partition coefficient (Wildman–Crippen LogP) is 3.77. The first-order chi connectivity index (χ1) is 20.4. The zero-order chi connectivity index (χ0) is 28.7. The Bertz CT molecular complexity index is 1850. The molecule has 4 heterocycles. The highest BCUT2D eigenvalue weighted by Crippen LogP contribution is 2.55. The van der Waals surface area contributed by atoms with E-state index in [0.29, 0.717) is 23.5 Å². The van der Waals surface area contributed by atoms with Crippen molar-refractivity contribution in [2.24, 2.45) is 11.8 Å². The molecule has 1 spiro atoms. The van der Waals surface area contributed by atoms with Crippen LogP contribution in [0.2, 0.25) is 0 Å². The Labute approximate surface area is 242 Å². The number of carbonyl (C=O) groups excluding carboxylic acids is 4. The molecule has 2 fully saturated rings. The molecule has 208 valence electrons. The monoisotopic (exact) mass is 556 g/mol. The average molecular weight is 557 g/mol. The zero-order valence-corrected chi connectivity index (χ0v) is 23.0. The van der Waals surface area contributed by atoms with E-state index in [1.165, 1.54) is 9.80 Å². The van der Waals surface area contributed by atoms with Crippen LogP contribution in [0.4, 0.5) is 17.1 Å². The van der Waals surface area contributed by atoms with Crippen LogP contribution in [-0.2, 0) is 31.1 Å². The van der Waals surface area contributed by atoms with Gasteiger partial charge in [-0.15, -0.1) is 0 Å². The van der Waals surface area contributed by atoms with Gasteiger partial charge in [0.1, 0.15) is 12.1 Å². The summed E-state index contributed by atoms with van der Waals surface area (Å²) in [6.45, 7) is 2.25. The summed E-state index contributed by atoms with van der Waals surface area (Å²) in [6, 6.07) is 27.9. The number of rotatable bonds is 3. The Balaban J connectivity index is 1.20. The maximum atomic E-state index is 14.6. The highest BCUT2D eigenvalue weighted by molar-refractivity contribution is 6.28. The Hall–Kier alpha value is -4.82. The smallest absolute Gasteiger partial charge is 0.253 e. The number of anilines is 3. The summed E-state index contributed by atoms with van der Waals surface area (Å²) in [7, 11) is 0. The molecule has 4 aliphatic heterocycles. The fraction of sp³-hybridized carbons (Fsp3) is 0.235. The lowest BCUT2D eigenvalue weighted by Gasteiger charge is -2.30. The summed E-state index contributed by atoms with van der Waals surface area (Å²) >= 11 is 0. The molecule has 2 saturated heterocycles. The van der Waals surface area contributed by atoms with E-state index in [0.717, 1.165) is 28.4 Å². The first kappa shape index (κ1) is 24.9. The van der Waals surface area contributed by atoms with Gasteiger partial charge in [0.25, 0.3) is 5.91 Å². The molecular weight excluding hydrogens is 528 g/mol. The van der Waals surface area contributed by atoms with Gasteiger partial charge < -0.3 is 9.80 Å². The minimum Gasteiger partial charge on any atom is -0.310 e. The molecule has 4 aromatic rings. The number of amides is 4. The van der Waals surface area contributed by atoms with Gasteiger partial charge in [0.05, 0.1) is 17.5 Å². The number of hydrogen-bond donors (Lipinski definition) is 1. The third-order valence-electron chi connectivity index (χ3n) is 9.50. The number of para-hydroxylation sites is 2. The van der Waals surface area contributed by atoms with Gasteiger partial charge >= 0.3 is 0 Å². The molecule has 42 heavy (non-hydrogen) atoms. The van der Waals surface area contributed by atoms with Crippen LogP contribution in [0.15, 0.2) is 91.0 Å². The Morgan fingerprint density at radius 2 is 1.52 bits per heavy atom. The van der Waals surface area contributed by atoms with Crippen molar-refractivity contribution < 1.29 is 19.2 Å². The number of nitrogens with zero attached hydrogens (tertiary/aromatic N) is 3. The first-order valence-electron chi connectivity index (χ1n) is 14.3. The SMILES string of the molecule is C[C@@H]1N[C@]2(C(=O)N(CC(=O)N3CCc4ccccc43)c3ccccc32)[C@@H]2C(=O)N(c3cccc4ccccc34)C(=O)[C@H]12. The van der Waals surface area contributed by atoms with Crippen molar-refractivity contribution in [1.29, 1.82) is 0 Å². The average Bonchev–Trinajstić information content (AvgIpc) is 3.71. The Morgan fingerprint density at radius 3 is 2.38 bits per heavy atom. The van der Waals surface area contributed by atoms with Crippen molar-refractivity contribution in [3.63, 3.8) is 0 Å². The van der Waals surface area contributed by atoms with Crippen molar-refractivity contribution in [1.82, 2.24) is 5.32 Å². The number of benzene rings is 4. The molecule has 0 radical (unpaired) electrons. The molecule has 4 aliphatic rings. The summed E-state index contributed by atoms with van der Waals surface area (Å²) in [5.41, 5.74) is 2.27. The third-order valence-corrected chi connectivity index (χ3v) is 9.50. The van der Waals surface area contributed by atoms with Crippen LogP contribution in [0.5, 0.6) is 0 Å². The second-order valence-corrected chi connectivity index (χ2v) is 11.6. The van der Waals surface area contributed by atoms with E-state index in [9.17, 15) is 19.2 Å². The summed E-state index contributed by atoms with van der Waals surface area (Å²) in [4.78, 5) is 61.2. The molecule has 4 atom stereocenters. The van der Waals surface area contributed by atoms with Gasteiger partial charge in [-0.3, -0.25) is 24.5 Å². The second kappa shape index (κ2) is 8.84. The molecular formula is C34H28N4O4. The molecule has 1 N–H and O–H groups in total. The third kappa shape index (κ3) is 3.15. The van der Waals surface area contributed by atoms with Gasteiger partial charge in [0.15, 0.2) is 0 Å². The lowest BCUT2D eigenvalue weighted by molar-refractivity contribution is -0.132. The van der Waals surface area contributed by atoms with E-state index >= 15 is 0 Å². The van der Waals surface area contributed by atoms with Gasteiger partial charge in [-0.25, -0.2) is 4.90 Å². The largest absolute Gasteiger partial charge is 0.310 e. The number of imide groups is 1. The zero-order valence-electron chi connectivity index (χ0n) is 23.0. The Morgan fingerprint density at radius 1 is 0.833 bits per heavy atom. The Kier molecular flexibility index (Phi) is 5.25. The van der Waals surface area contributed by atoms with E-state index in [4.69, 9.17) is 0 Å². The molecule has 0 aliphatic carbocycles. The fourth-order valence-corrected chi connectivity index (χ4v) is 7.72. The molecule has 0 saturated carbocycles. The molecule has 4 amide bonds. The van der Waals surface area contributed by atoms with E-state index in [2.05, 4.69) is 5.32 Å². The predicted molar refractivity (Wildman–Crippen MR) is 159 cm³/mol. The molecule has 0 unspecified atom stereocenters. The maximum Gasteiger partial charge on any atom is 0.253 e. The molecule has 8 nitrogen and oxygen atoms in total. The first-order valence-corrected chi connectivity index (χ1v) is 14.3. The summed E-state index contributed by atoms with van der Waals surface area (Å²) in [6.07, 6.45) is 0.764. The van der Waals surface area contributed by atoms with Crippen molar-refractivity contribution in [3.8, 4) is 0 Å². The van der Waals surface area contributed by atoms with E-state index < -0.39 is 29.3 Å². The topological polar surface area (TPSA) is 90.0 Å². The number of carbonyl (C=O) groups is 4. The van der Waals surface area contributed by atoms with Crippen LogP contribution in [0, 0.1) is 11.8 Å². The summed E-state index contributed by atoms with van der Waals surface area (Å²) in [5.74, 6) is -2.94. The molecule has 4 aromatic carbocycles. The van der Waals surface area contributed by atoms with Crippen LogP contribution < -0.4 is 20.0 Å². The lowest BCUT2D eigenvalue weighted by atomic mass is 9.76. The highest BCUT2D eigenvalue weighted by Gasteiger charge is 2.71. The number of fused-ring (bicyclic) bond motifs is 6. The van der Waals surface area contributed by atoms with Crippen LogP contribution in [0.25, 0.3) is 10.8 Å². The van der Waals surface area contributed by atoms with Crippen LogP contribution in [0.1, 0.15) is 18.1 Å². The molecule has 8 rings (SSSR count). The summed E-state index contributed by atoms with van der Waals surface area (Å²) < 4.78 is 0. The van der Waals surface area contributed by atoms with E-state index in [-0.39, 0.29) is 24.3 Å². The van der Waals surface area contributed by atoms with Gasteiger partial charge in [-0.2, -0.15) is 0 Å².